The zero-order chi connectivity index (χ0) is 13.0. The Labute approximate surface area is 109 Å². The van der Waals surface area contributed by atoms with Crippen LogP contribution in [0.15, 0.2) is 12.3 Å². The van der Waals surface area contributed by atoms with Crippen LogP contribution in [0.25, 0.3) is 0 Å². The maximum atomic E-state index is 9.50. The molecule has 0 amide bonds. The summed E-state index contributed by atoms with van der Waals surface area (Å²) in [6.45, 7) is 5.06. The van der Waals surface area contributed by atoms with Gasteiger partial charge in [-0.1, -0.05) is 6.92 Å². The molecular weight excluding hydrogens is 224 g/mol. The summed E-state index contributed by atoms with van der Waals surface area (Å²) >= 11 is 0. The van der Waals surface area contributed by atoms with E-state index >= 15 is 0 Å². The maximum absolute atomic E-state index is 9.50. The molecule has 1 saturated carbocycles. The van der Waals surface area contributed by atoms with Crippen molar-refractivity contribution in [2.75, 3.05) is 6.54 Å². The molecule has 1 aromatic heterocycles. The van der Waals surface area contributed by atoms with Gasteiger partial charge in [0.15, 0.2) is 0 Å². The van der Waals surface area contributed by atoms with Crippen molar-refractivity contribution >= 4 is 0 Å². The highest BCUT2D eigenvalue weighted by molar-refractivity contribution is 5.11. The number of nitriles is 1. The van der Waals surface area contributed by atoms with E-state index in [-0.39, 0.29) is 5.54 Å². The van der Waals surface area contributed by atoms with E-state index < -0.39 is 0 Å². The summed E-state index contributed by atoms with van der Waals surface area (Å²) < 4.78 is 2.04. The van der Waals surface area contributed by atoms with Gasteiger partial charge in [0.2, 0.25) is 0 Å². The molecule has 1 fully saturated rings. The van der Waals surface area contributed by atoms with Gasteiger partial charge in [-0.3, -0.25) is 10.00 Å². The van der Waals surface area contributed by atoms with Crippen LogP contribution in [0.3, 0.4) is 0 Å². The number of hydrogen-bond donors (Lipinski definition) is 1. The van der Waals surface area contributed by atoms with Crippen molar-refractivity contribution < 1.29 is 0 Å². The summed E-state index contributed by atoms with van der Waals surface area (Å²) in [6, 6.07) is 4.89. The normalized spacial score (nSPS) is 27.9. The van der Waals surface area contributed by atoms with Crippen molar-refractivity contribution in [3.05, 3.63) is 18.0 Å². The molecule has 0 radical (unpaired) electrons. The molecule has 2 rings (SSSR count). The van der Waals surface area contributed by atoms with E-state index in [0.717, 1.165) is 44.3 Å². The molecule has 4 heteroatoms. The molecule has 1 N–H and O–H groups in total. The fourth-order valence-electron chi connectivity index (χ4n) is 2.77. The lowest BCUT2D eigenvalue weighted by Crippen LogP contribution is -2.48. The largest absolute Gasteiger partial charge is 0.299 e. The molecule has 0 saturated heterocycles. The van der Waals surface area contributed by atoms with Crippen molar-refractivity contribution in [2.24, 2.45) is 0 Å². The number of nitrogens with zero attached hydrogens (tertiary/aromatic N) is 3. The van der Waals surface area contributed by atoms with E-state index in [2.05, 4.69) is 23.4 Å². The van der Waals surface area contributed by atoms with Gasteiger partial charge in [-0.05, 0) is 45.2 Å². The Bertz CT molecular complexity index is 431. The van der Waals surface area contributed by atoms with E-state index in [1.807, 2.05) is 23.9 Å². The lowest BCUT2D eigenvalue weighted by molar-refractivity contribution is 0.220. The summed E-state index contributed by atoms with van der Waals surface area (Å²) in [7, 11) is 0. The van der Waals surface area contributed by atoms with Crippen LogP contribution in [0, 0.1) is 18.3 Å². The van der Waals surface area contributed by atoms with Crippen LogP contribution in [0.2, 0.25) is 0 Å². The quantitative estimate of drug-likeness (QED) is 0.888. The summed E-state index contributed by atoms with van der Waals surface area (Å²) in [5.41, 5.74) is 0.698. The highest BCUT2D eigenvalue weighted by Crippen LogP contribution is 2.34. The third-order valence-electron chi connectivity index (χ3n) is 3.77. The minimum atomic E-state index is -0.348. The molecule has 2 atom stereocenters. The number of hydrogen-bond acceptors (Lipinski definition) is 3. The molecule has 1 heterocycles. The first-order chi connectivity index (χ1) is 8.69. The lowest BCUT2D eigenvalue weighted by atomic mass is 9.80. The van der Waals surface area contributed by atoms with E-state index in [4.69, 9.17) is 0 Å². The molecule has 0 aliphatic heterocycles. The van der Waals surface area contributed by atoms with Crippen LogP contribution < -0.4 is 5.32 Å². The van der Waals surface area contributed by atoms with Crippen molar-refractivity contribution in [3.8, 4) is 6.07 Å². The van der Waals surface area contributed by atoms with Gasteiger partial charge in [0.05, 0.1) is 17.8 Å². The molecule has 18 heavy (non-hydrogen) atoms. The van der Waals surface area contributed by atoms with Crippen LogP contribution in [0.1, 0.15) is 50.8 Å². The zero-order valence-electron chi connectivity index (χ0n) is 11.3. The van der Waals surface area contributed by atoms with Gasteiger partial charge in [0.25, 0.3) is 0 Å². The monoisotopic (exact) mass is 246 g/mol. The number of nitrogens with one attached hydrogen (secondary N) is 1. The van der Waals surface area contributed by atoms with Crippen molar-refractivity contribution in [1.82, 2.24) is 15.1 Å². The Morgan fingerprint density at radius 2 is 2.50 bits per heavy atom. The second-order valence-corrected chi connectivity index (χ2v) is 5.31. The number of aryl methyl sites for hydroxylation is 1. The molecular formula is C14H22N4. The first kappa shape index (κ1) is 13.1. The second-order valence-electron chi connectivity index (χ2n) is 5.31. The van der Waals surface area contributed by atoms with Gasteiger partial charge >= 0.3 is 0 Å². The first-order valence-electron chi connectivity index (χ1n) is 6.87. The minimum absolute atomic E-state index is 0.348. The second kappa shape index (κ2) is 5.53. The van der Waals surface area contributed by atoms with Crippen molar-refractivity contribution in [1.29, 1.82) is 5.26 Å². The van der Waals surface area contributed by atoms with Gasteiger partial charge in [-0.25, -0.2) is 0 Å². The highest BCUT2D eigenvalue weighted by atomic mass is 15.3. The van der Waals surface area contributed by atoms with Crippen molar-refractivity contribution in [2.45, 2.75) is 57.5 Å². The van der Waals surface area contributed by atoms with Crippen LogP contribution in [-0.4, -0.2) is 21.9 Å². The smallest absolute Gasteiger partial charge is 0.108 e. The Morgan fingerprint density at radius 1 is 1.67 bits per heavy atom. The molecule has 0 bridgehead atoms. The summed E-state index contributed by atoms with van der Waals surface area (Å²) in [4.78, 5) is 0. The fraction of sp³-hybridized carbons (Fsp3) is 0.714. The van der Waals surface area contributed by atoms with Crippen molar-refractivity contribution in [3.63, 3.8) is 0 Å². The van der Waals surface area contributed by atoms with Gasteiger partial charge in [0, 0.05) is 12.6 Å². The third kappa shape index (κ3) is 2.73. The molecule has 2 unspecified atom stereocenters. The van der Waals surface area contributed by atoms with Gasteiger partial charge in [0.1, 0.15) is 5.54 Å². The predicted octanol–water partition coefficient (Wildman–Crippen LogP) is 2.57. The molecule has 0 spiro atoms. The average molecular weight is 246 g/mol. The van der Waals surface area contributed by atoms with Gasteiger partial charge in [-0.2, -0.15) is 10.4 Å². The number of rotatable bonds is 4. The predicted molar refractivity (Wildman–Crippen MR) is 71.1 cm³/mol. The zero-order valence-corrected chi connectivity index (χ0v) is 11.3. The van der Waals surface area contributed by atoms with Crippen LogP contribution in [0.4, 0.5) is 0 Å². The molecule has 1 aliphatic rings. The van der Waals surface area contributed by atoms with E-state index in [1.165, 1.54) is 0 Å². The van der Waals surface area contributed by atoms with Crippen LogP contribution >= 0.6 is 0 Å². The van der Waals surface area contributed by atoms with E-state index in [1.54, 1.807) is 0 Å². The minimum Gasteiger partial charge on any atom is -0.299 e. The third-order valence-corrected chi connectivity index (χ3v) is 3.77. The molecule has 98 valence electrons. The van der Waals surface area contributed by atoms with Gasteiger partial charge < -0.3 is 0 Å². The topological polar surface area (TPSA) is 53.6 Å². The SMILES string of the molecule is CCCNC1(C#N)CCCC(n2ccc(C)n2)C1. The number of aromatic nitrogens is 2. The Hall–Kier alpha value is -1.34. The van der Waals surface area contributed by atoms with Crippen LogP contribution in [0.5, 0.6) is 0 Å². The summed E-state index contributed by atoms with van der Waals surface area (Å²) in [6.07, 6.45) is 7.14. The molecule has 0 aromatic carbocycles. The summed E-state index contributed by atoms with van der Waals surface area (Å²) in [5.74, 6) is 0. The fourth-order valence-corrected chi connectivity index (χ4v) is 2.77. The van der Waals surface area contributed by atoms with Crippen LogP contribution in [-0.2, 0) is 0 Å². The Kier molecular flexibility index (Phi) is 4.03. The standard InChI is InChI=1S/C14H22N4/c1-3-8-16-14(11-15)7-4-5-13(10-14)18-9-6-12(2)17-18/h6,9,13,16H,3-5,7-8,10H2,1-2H3. The Morgan fingerprint density at radius 3 is 3.11 bits per heavy atom. The van der Waals surface area contributed by atoms with Gasteiger partial charge in [-0.15, -0.1) is 0 Å². The first-order valence-corrected chi connectivity index (χ1v) is 6.87. The molecule has 1 aromatic rings. The Balaban J connectivity index is 2.09. The molecule has 1 aliphatic carbocycles. The van der Waals surface area contributed by atoms with E-state index in [9.17, 15) is 5.26 Å². The molecule has 4 nitrogen and oxygen atoms in total. The highest BCUT2D eigenvalue weighted by Gasteiger charge is 2.36. The average Bonchev–Trinajstić information content (AvgIpc) is 2.83. The maximum Gasteiger partial charge on any atom is 0.108 e. The van der Waals surface area contributed by atoms with E-state index in [0.29, 0.717) is 6.04 Å². The summed E-state index contributed by atoms with van der Waals surface area (Å²) in [5, 5.41) is 17.4. The lowest BCUT2D eigenvalue weighted by Gasteiger charge is -2.36.